The van der Waals surface area contributed by atoms with Crippen molar-refractivity contribution in [2.24, 2.45) is 0 Å². The van der Waals surface area contributed by atoms with E-state index in [-0.39, 0.29) is 5.91 Å². The highest BCUT2D eigenvalue weighted by molar-refractivity contribution is 5.91. The van der Waals surface area contributed by atoms with E-state index in [2.05, 4.69) is 28.7 Å². The number of hydrogen-bond donors (Lipinski definition) is 0. The lowest BCUT2D eigenvalue weighted by atomic mass is 10.2. The number of piperazine rings is 1. The topological polar surface area (TPSA) is 62.5 Å². The maximum absolute atomic E-state index is 12.3. The molecule has 2 aromatic heterocycles. The Morgan fingerprint density at radius 1 is 1.24 bits per heavy atom. The molecular weight excluding hydrogens is 316 g/mol. The molecule has 3 rings (SSSR count). The number of aromatic nitrogens is 2. The Morgan fingerprint density at radius 3 is 2.64 bits per heavy atom. The summed E-state index contributed by atoms with van der Waals surface area (Å²) < 4.78 is 5.21. The molecule has 0 atom stereocenters. The Hall–Kier alpha value is -2.63. The summed E-state index contributed by atoms with van der Waals surface area (Å²) in [5, 5.41) is 0. The number of hydrogen-bond acceptors (Lipinski definition) is 5. The summed E-state index contributed by atoms with van der Waals surface area (Å²) in [6.07, 6.45) is 4.87. The fourth-order valence-corrected chi connectivity index (χ4v) is 2.80. The zero-order valence-electron chi connectivity index (χ0n) is 15.0. The molecule has 1 aliphatic heterocycles. The minimum atomic E-state index is 0.0118. The maximum Gasteiger partial charge on any atom is 0.246 e. The molecule has 132 valence electrons. The highest BCUT2D eigenvalue weighted by atomic mass is 16.3. The number of amides is 1. The van der Waals surface area contributed by atoms with Gasteiger partial charge in [-0.05, 0) is 25.1 Å². The van der Waals surface area contributed by atoms with Crippen LogP contribution in [0.2, 0.25) is 0 Å². The number of anilines is 1. The molecule has 0 aromatic carbocycles. The van der Waals surface area contributed by atoms with Crippen LogP contribution in [0.3, 0.4) is 0 Å². The average molecular weight is 340 g/mol. The zero-order valence-corrected chi connectivity index (χ0v) is 15.0. The van der Waals surface area contributed by atoms with Crippen LogP contribution in [0.4, 0.5) is 5.82 Å². The van der Waals surface area contributed by atoms with E-state index in [0.29, 0.717) is 24.8 Å². The number of carbonyl (C=O) groups is 1. The molecule has 6 heteroatoms. The predicted molar refractivity (Wildman–Crippen MR) is 97.4 cm³/mol. The second-order valence-corrected chi connectivity index (χ2v) is 6.54. The third-order valence-electron chi connectivity index (χ3n) is 4.22. The molecule has 0 N–H and O–H groups in total. The first-order chi connectivity index (χ1) is 12.0. The monoisotopic (exact) mass is 340 g/mol. The summed E-state index contributed by atoms with van der Waals surface area (Å²) in [7, 11) is 0. The van der Waals surface area contributed by atoms with Gasteiger partial charge < -0.3 is 14.2 Å². The van der Waals surface area contributed by atoms with Gasteiger partial charge >= 0.3 is 0 Å². The maximum atomic E-state index is 12.3. The Balaban J connectivity index is 1.61. The van der Waals surface area contributed by atoms with E-state index in [0.717, 1.165) is 30.4 Å². The summed E-state index contributed by atoms with van der Waals surface area (Å²) in [5.41, 5.74) is 0.980. The largest absolute Gasteiger partial charge is 0.465 e. The van der Waals surface area contributed by atoms with Crippen LogP contribution in [0.5, 0.6) is 0 Å². The average Bonchev–Trinajstić information content (AvgIpc) is 3.13. The van der Waals surface area contributed by atoms with Gasteiger partial charge in [0.05, 0.1) is 6.26 Å². The predicted octanol–water partition coefficient (Wildman–Crippen LogP) is 2.86. The quantitative estimate of drug-likeness (QED) is 0.801. The summed E-state index contributed by atoms with van der Waals surface area (Å²) in [6, 6.07) is 5.64. The Kier molecular flexibility index (Phi) is 5.16. The molecule has 0 radical (unpaired) electrons. The fourth-order valence-electron chi connectivity index (χ4n) is 2.80. The van der Waals surface area contributed by atoms with Crippen LogP contribution >= 0.6 is 0 Å². The second-order valence-electron chi connectivity index (χ2n) is 6.54. The first-order valence-electron chi connectivity index (χ1n) is 8.64. The summed E-state index contributed by atoms with van der Waals surface area (Å²) in [6.45, 7) is 9.10. The molecule has 2 aromatic rings. The highest BCUT2D eigenvalue weighted by Gasteiger charge is 2.21. The first-order valence-corrected chi connectivity index (χ1v) is 8.64. The van der Waals surface area contributed by atoms with Crippen LogP contribution in [0, 0.1) is 6.92 Å². The van der Waals surface area contributed by atoms with Crippen LogP contribution in [-0.2, 0) is 4.79 Å². The molecule has 3 heterocycles. The molecule has 1 amide bonds. The summed E-state index contributed by atoms with van der Waals surface area (Å²) in [5.74, 6) is 2.82. The lowest BCUT2D eigenvalue weighted by Crippen LogP contribution is -2.48. The molecule has 1 saturated heterocycles. The molecule has 0 spiro atoms. The first kappa shape index (κ1) is 17.2. The van der Waals surface area contributed by atoms with Crippen molar-refractivity contribution in [3.05, 3.63) is 47.8 Å². The summed E-state index contributed by atoms with van der Waals surface area (Å²) >= 11 is 0. The van der Waals surface area contributed by atoms with Crippen LogP contribution in [-0.4, -0.2) is 47.0 Å². The highest BCUT2D eigenvalue weighted by Crippen LogP contribution is 2.18. The van der Waals surface area contributed by atoms with Gasteiger partial charge in [-0.15, -0.1) is 0 Å². The third-order valence-corrected chi connectivity index (χ3v) is 4.22. The van der Waals surface area contributed by atoms with E-state index in [1.54, 1.807) is 24.5 Å². The minimum absolute atomic E-state index is 0.0118. The molecule has 6 nitrogen and oxygen atoms in total. The van der Waals surface area contributed by atoms with E-state index in [1.807, 2.05) is 24.0 Å². The lowest BCUT2D eigenvalue weighted by molar-refractivity contribution is -0.126. The van der Waals surface area contributed by atoms with Crippen molar-refractivity contribution < 1.29 is 9.21 Å². The number of furan rings is 1. The van der Waals surface area contributed by atoms with Gasteiger partial charge in [0, 0.05) is 49.9 Å². The van der Waals surface area contributed by atoms with Gasteiger partial charge in [0.25, 0.3) is 0 Å². The SMILES string of the molecule is Cc1cc(N2CCN(C(=O)/C=C/c3ccco3)CC2)nc(C(C)C)n1. The van der Waals surface area contributed by atoms with Gasteiger partial charge in [-0.3, -0.25) is 4.79 Å². The lowest BCUT2D eigenvalue weighted by Gasteiger charge is -2.35. The second kappa shape index (κ2) is 7.51. The minimum Gasteiger partial charge on any atom is -0.465 e. The number of nitrogens with zero attached hydrogens (tertiary/aromatic N) is 4. The van der Waals surface area contributed by atoms with Crippen LogP contribution in [0.15, 0.2) is 35.0 Å². The van der Waals surface area contributed by atoms with E-state index in [4.69, 9.17) is 4.42 Å². The van der Waals surface area contributed by atoms with E-state index < -0.39 is 0 Å². The molecule has 0 unspecified atom stereocenters. The Morgan fingerprint density at radius 2 is 2.00 bits per heavy atom. The molecule has 0 bridgehead atoms. The molecule has 1 fully saturated rings. The van der Waals surface area contributed by atoms with Gasteiger partial charge in [-0.2, -0.15) is 0 Å². The molecule has 25 heavy (non-hydrogen) atoms. The van der Waals surface area contributed by atoms with E-state index in [1.165, 1.54) is 0 Å². The smallest absolute Gasteiger partial charge is 0.246 e. The van der Waals surface area contributed by atoms with Crippen molar-refractivity contribution in [1.29, 1.82) is 0 Å². The molecule has 0 aliphatic carbocycles. The van der Waals surface area contributed by atoms with Crippen LogP contribution in [0.1, 0.15) is 37.0 Å². The van der Waals surface area contributed by atoms with Gasteiger partial charge in [0.15, 0.2) is 0 Å². The Bertz CT molecular complexity index is 745. The van der Waals surface area contributed by atoms with Crippen molar-refractivity contribution in [3.63, 3.8) is 0 Å². The zero-order chi connectivity index (χ0) is 17.8. The van der Waals surface area contributed by atoms with Gasteiger partial charge in [-0.1, -0.05) is 13.8 Å². The molecule has 1 aliphatic rings. The van der Waals surface area contributed by atoms with Crippen molar-refractivity contribution in [1.82, 2.24) is 14.9 Å². The standard InChI is InChI=1S/C19H24N4O2/c1-14(2)19-20-15(3)13-17(21-19)22-8-10-23(11-9-22)18(24)7-6-16-5-4-12-25-16/h4-7,12-14H,8-11H2,1-3H3/b7-6+. The number of carbonyl (C=O) groups excluding carboxylic acids is 1. The van der Waals surface area contributed by atoms with Crippen LogP contribution in [0.25, 0.3) is 6.08 Å². The summed E-state index contributed by atoms with van der Waals surface area (Å²) in [4.78, 5) is 25.5. The normalized spacial score (nSPS) is 15.4. The van der Waals surface area contributed by atoms with Gasteiger partial charge in [-0.25, -0.2) is 9.97 Å². The number of rotatable bonds is 4. The molecule has 0 saturated carbocycles. The number of aryl methyl sites for hydroxylation is 1. The molecular formula is C19H24N4O2. The fraction of sp³-hybridized carbons (Fsp3) is 0.421. The van der Waals surface area contributed by atoms with Crippen molar-refractivity contribution in [2.75, 3.05) is 31.1 Å². The van der Waals surface area contributed by atoms with E-state index in [9.17, 15) is 4.79 Å². The van der Waals surface area contributed by atoms with Gasteiger partial charge in [0.1, 0.15) is 17.4 Å². The van der Waals surface area contributed by atoms with Crippen molar-refractivity contribution in [2.45, 2.75) is 26.7 Å². The van der Waals surface area contributed by atoms with Crippen LogP contribution < -0.4 is 4.90 Å². The van der Waals surface area contributed by atoms with Crippen molar-refractivity contribution in [3.8, 4) is 0 Å². The van der Waals surface area contributed by atoms with Crippen molar-refractivity contribution >= 4 is 17.8 Å². The Labute approximate surface area is 148 Å². The van der Waals surface area contributed by atoms with E-state index >= 15 is 0 Å². The van der Waals surface area contributed by atoms with Gasteiger partial charge in [0.2, 0.25) is 5.91 Å². The third kappa shape index (κ3) is 4.26.